The molecule has 0 atom stereocenters. The van der Waals surface area contributed by atoms with Crippen LogP contribution in [0.1, 0.15) is 17.7 Å². The average Bonchev–Trinajstić information content (AvgIpc) is 2.83. The summed E-state index contributed by atoms with van der Waals surface area (Å²) in [6, 6.07) is 4.09. The van der Waals surface area contributed by atoms with Crippen LogP contribution in [0.5, 0.6) is 0 Å². The monoisotopic (exact) mass is 239 g/mol. The minimum Gasteiger partial charge on any atom is -0.465 e. The van der Waals surface area contributed by atoms with Gasteiger partial charge in [0.2, 0.25) is 0 Å². The quantitative estimate of drug-likeness (QED) is 0.815. The molecule has 1 aromatic rings. The standard InChI is InChI=1S/C12H17NO2S/c14-12(10-3-6-13-7-4-10)15-8-5-11-2-1-9-16-11/h1-2,9-10,13H,3-8H2. The van der Waals surface area contributed by atoms with Gasteiger partial charge in [-0.25, -0.2) is 0 Å². The largest absolute Gasteiger partial charge is 0.465 e. The summed E-state index contributed by atoms with van der Waals surface area (Å²) in [4.78, 5) is 13.0. The molecule has 0 bridgehead atoms. The SMILES string of the molecule is O=C(OCCc1cccs1)C1CCNCC1. The summed E-state index contributed by atoms with van der Waals surface area (Å²) in [6.45, 7) is 2.39. The first kappa shape index (κ1) is 11.6. The van der Waals surface area contributed by atoms with E-state index in [-0.39, 0.29) is 11.9 Å². The van der Waals surface area contributed by atoms with Crippen LogP contribution in [0.15, 0.2) is 17.5 Å². The molecule has 1 fully saturated rings. The predicted molar refractivity (Wildman–Crippen MR) is 64.6 cm³/mol. The fourth-order valence-electron chi connectivity index (χ4n) is 1.88. The summed E-state index contributed by atoms with van der Waals surface area (Å²) in [7, 11) is 0. The van der Waals surface area contributed by atoms with E-state index in [0.29, 0.717) is 6.61 Å². The molecule has 0 aliphatic carbocycles. The molecule has 2 rings (SSSR count). The van der Waals surface area contributed by atoms with Gasteiger partial charge in [0.1, 0.15) is 0 Å². The third kappa shape index (κ3) is 3.32. The number of hydrogen-bond donors (Lipinski definition) is 1. The van der Waals surface area contributed by atoms with Crippen molar-refractivity contribution in [1.82, 2.24) is 5.32 Å². The molecule has 0 amide bonds. The fraction of sp³-hybridized carbons (Fsp3) is 0.583. The topological polar surface area (TPSA) is 38.3 Å². The van der Waals surface area contributed by atoms with Crippen LogP contribution < -0.4 is 5.32 Å². The summed E-state index contributed by atoms with van der Waals surface area (Å²) < 4.78 is 5.29. The van der Waals surface area contributed by atoms with E-state index < -0.39 is 0 Å². The molecule has 1 aliphatic rings. The van der Waals surface area contributed by atoms with Crippen molar-refractivity contribution >= 4 is 17.3 Å². The van der Waals surface area contributed by atoms with Gasteiger partial charge in [-0.3, -0.25) is 4.79 Å². The Balaban J connectivity index is 1.67. The van der Waals surface area contributed by atoms with Crippen LogP contribution in [0.2, 0.25) is 0 Å². The van der Waals surface area contributed by atoms with Crippen LogP contribution in [-0.4, -0.2) is 25.7 Å². The van der Waals surface area contributed by atoms with E-state index in [1.54, 1.807) is 11.3 Å². The Labute approximate surface area is 99.8 Å². The Bertz CT molecular complexity index is 318. The number of ether oxygens (including phenoxy) is 1. The highest BCUT2D eigenvalue weighted by atomic mass is 32.1. The van der Waals surface area contributed by atoms with Crippen LogP contribution in [-0.2, 0) is 16.0 Å². The maximum absolute atomic E-state index is 11.7. The molecule has 0 unspecified atom stereocenters. The Morgan fingerprint density at radius 3 is 3.00 bits per heavy atom. The second-order valence-electron chi connectivity index (χ2n) is 4.02. The third-order valence-corrected chi connectivity index (χ3v) is 3.78. The van der Waals surface area contributed by atoms with Gasteiger partial charge in [-0.05, 0) is 37.4 Å². The Kier molecular flexibility index (Phi) is 4.36. The number of thiophene rings is 1. The smallest absolute Gasteiger partial charge is 0.309 e. The van der Waals surface area contributed by atoms with Gasteiger partial charge in [-0.2, -0.15) is 0 Å². The van der Waals surface area contributed by atoms with Gasteiger partial charge < -0.3 is 10.1 Å². The Hall–Kier alpha value is -0.870. The maximum Gasteiger partial charge on any atom is 0.309 e. The van der Waals surface area contributed by atoms with Crippen molar-refractivity contribution in [3.63, 3.8) is 0 Å². The molecule has 1 saturated heterocycles. The number of piperidine rings is 1. The predicted octanol–water partition coefficient (Wildman–Crippen LogP) is 1.83. The first-order chi connectivity index (χ1) is 7.86. The Morgan fingerprint density at radius 1 is 1.50 bits per heavy atom. The van der Waals surface area contributed by atoms with Crippen molar-refractivity contribution in [2.75, 3.05) is 19.7 Å². The van der Waals surface area contributed by atoms with E-state index in [9.17, 15) is 4.79 Å². The maximum atomic E-state index is 11.7. The summed E-state index contributed by atoms with van der Waals surface area (Å²) in [6.07, 6.45) is 2.67. The van der Waals surface area contributed by atoms with E-state index in [2.05, 4.69) is 11.4 Å². The summed E-state index contributed by atoms with van der Waals surface area (Å²) in [5.74, 6) is 0.0997. The molecule has 3 nitrogen and oxygen atoms in total. The van der Waals surface area contributed by atoms with Crippen molar-refractivity contribution in [2.45, 2.75) is 19.3 Å². The second kappa shape index (κ2) is 6.01. The van der Waals surface area contributed by atoms with Crippen LogP contribution in [0.3, 0.4) is 0 Å². The summed E-state index contributed by atoms with van der Waals surface area (Å²) in [5, 5.41) is 5.29. The molecule has 16 heavy (non-hydrogen) atoms. The van der Waals surface area contributed by atoms with E-state index in [1.165, 1.54) is 4.88 Å². The number of carbonyl (C=O) groups excluding carboxylic acids is 1. The van der Waals surface area contributed by atoms with Crippen molar-refractivity contribution < 1.29 is 9.53 Å². The van der Waals surface area contributed by atoms with Crippen LogP contribution in [0.4, 0.5) is 0 Å². The molecular formula is C12H17NO2S. The molecule has 0 aromatic carbocycles. The van der Waals surface area contributed by atoms with Crippen molar-refractivity contribution in [3.8, 4) is 0 Å². The van der Waals surface area contributed by atoms with E-state index in [0.717, 1.165) is 32.4 Å². The molecule has 88 valence electrons. The molecule has 0 saturated carbocycles. The van der Waals surface area contributed by atoms with E-state index in [1.807, 2.05) is 11.4 Å². The van der Waals surface area contributed by atoms with Crippen molar-refractivity contribution in [1.29, 1.82) is 0 Å². The molecule has 0 spiro atoms. The summed E-state index contributed by atoms with van der Waals surface area (Å²) >= 11 is 1.71. The lowest BCUT2D eigenvalue weighted by molar-refractivity contribution is -0.149. The number of esters is 1. The van der Waals surface area contributed by atoms with Crippen LogP contribution >= 0.6 is 11.3 Å². The lowest BCUT2D eigenvalue weighted by atomic mass is 9.99. The zero-order chi connectivity index (χ0) is 11.2. The van der Waals surface area contributed by atoms with Crippen LogP contribution in [0, 0.1) is 5.92 Å². The van der Waals surface area contributed by atoms with Crippen molar-refractivity contribution in [2.24, 2.45) is 5.92 Å². The highest BCUT2D eigenvalue weighted by Gasteiger charge is 2.21. The van der Waals surface area contributed by atoms with Gasteiger partial charge in [-0.1, -0.05) is 6.07 Å². The fourth-order valence-corrected chi connectivity index (χ4v) is 2.57. The first-order valence-electron chi connectivity index (χ1n) is 5.76. The third-order valence-electron chi connectivity index (χ3n) is 2.85. The number of nitrogens with one attached hydrogen (secondary N) is 1. The lowest BCUT2D eigenvalue weighted by Gasteiger charge is -2.20. The zero-order valence-electron chi connectivity index (χ0n) is 9.28. The second-order valence-corrected chi connectivity index (χ2v) is 5.05. The van der Waals surface area contributed by atoms with Gasteiger partial charge >= 0.3 is 5.97 Å². The minimum atomic E-state index is -0.0157. The van der Waals surface area contributed by atoms with Crippen molar-refractivity contribution in [3.05, 3.63) is 22.4 Å². The number of carbonyl (C=O) groups is 1. The minimum absolute atomic E-state index is 0.0157. The highest BCUT2D eigenvalue weighted by Crippen LogP contribution is 2.14. The molecule has 1 N–H and O–H groups in total. The number of rotatable bonds is 4. The molecule has 0 radical (unpaired) electrons. The van der Waals surface area contributed by atoms with E-state index in [4.69, 9.17) is 4.74 Å². The van der Waals surface area contributed by atoms with Gasteiger partial charge in [0, 0.05) is 11.3 Å². The highest BCUT2D eigenvalue weighted by molar-refractivity contribution is 7.09. The van der Waals surface area contributed by atoms with Gasteiger partial charge in [0.05, 0.1) is 12.5 Å². The van der Waals surface area contributed by atoms with Crippen LogP contribution in [0.25, 0.3) is 0 Å². The normalized spacial score (nSPS) is 17.2. The van der Waals surface area contributed by atoms with Gasteiger partial charge in [0.15, 0.2) is 0 Å². The van der Waals surface area contributed by atoms with E-state index >= 15 is 0 Å². The molecule has 1 aliphatic heterocycles. The zero-order valence-corrected chi connectivity index (χ0v) is 10.1. The lowest BCUT2D eigenvalue weighted by Crippen LogP contribution is -2.32. The molecule has 2 heterocycles. The first-order valence-corrected chi connectivity index (χ1v) is 6.64. The molecular weight excluding hydrogens is 222 g/mol. The summed E-state index contributed by atoms with van der Waals surface area (Å²) in [5.41, 5.74) is 0. The average molecular weight is 239 g/mol. The molecule has 4 heteroatoms. The number of hydrogen-bond acceptors (Lipinski definition) is 4. The Morgan fingerprint density at radius 2 is 2.31 bits per heavy atom. The van der Waals surface area contributed by atoms with Gasteiger partial charge in [-0.15, -0.1) is 11.3 Å². The molecule has 1 aromatic heterocycles. The van der Waals surface area contributed by atoms with Gasteiger partial charge in [0.25, 0.3) is 0 Å².